The maximum atomic E-state index is 12.6. The molecule has 4 nitrogen and oxygen atoms in total. The molecule has 0 aliphatic carbocycles. The first-order chi connectivity index (χ1) is 10.0. The van der Waals surface area contributed by atoms with Crippen molar-refractivity contribution in [3.05, 3.63) is 29.8 Å². The average Bonchev–Trinajstić information content (AvgIpc) is 2.54. The van der Waals surface area contributed by atoms with Gasteiger partial charge in [-0.1, -0.05) is 13.0 Å². The summed E-state index contributed by atoms with van der Waals surface area (Å²) in [5, 5.41) is 9.57. The van der Waals surface area contributed by atoms with Crippen molar-refractivity contribution in [2.45, 2.75) is 26.2 Å². The number of aliphatic hydroxyl groups excluding tert-OH is 1. The van der Waals surface area contributed by atoms with Crippen LogP contribution >= 0.6 is 0 Å². The number of benzene rings is 1. The standard InChI is InChI=1S/C17H26N2O2/c1-4-17(13-20)8-10-19(11-9-17)16(21)14-6-5-7-15(12-14)18(2)3/h5-7,12,20H,4,8-11,13H2,1-3H3. The Labute approximate surface area is 127 Å². The minimum Gasteiger partial charge on any atom is -0.396 e. The monoisotopic (exact) mass is 290 g/mol. The average molecular weight is 290 g/mol. The summed E-state index contributed by atoms with van der Waals surface area (Å²) in [5.74, 6) is 0.0985. The van der Waals surface area contributed by atoms with Crippen molar-refractivity contribution in [3.63, 3.8) is 0 Å². The first kappa shape index (κ1) is 15.8. The Balaban J connectivity index is 2.07. The molecule has 1 N–H and O–H groups in total. The number of hydrogen-bond acceptors (Lipinski definition) is 3. The second kappa shape index (κ2) is 6.48. The quantitative estimate of drug-likeness (QED) is 0.926. The largest absolute Gasteiger partial charge is 0.396 e. The Morgan fingerprint density at radius 3 is 2.52 bits per heavy atom. The van der Waals surface area contributed by atoms with Crippen LogP contribution < -0.4 is 4.90 Å². The van der Waals surface area contributed by atoms with E-state index in [0.717, 1.165) is 43.6 Å². The third-order valence-corrected chi connectivity index (χ3v) is 4.81. The van der Waals surface area contributed by atoms with Gasteiger partial charge in [-0.3, -0.25) is 4.79 Å². The molecule has 116 valence electrons. The highest BCUT2D eigenvalue weighted by molar-refractivity contribution is 5.95. The zero-order chi connectivity index (χ0) is 15.5. The smallest absolute Gasteiger partial charge is 0.253 e. The molecular weight excluding hydrogens is 264 g/mol. The Hall–Kier alpha value is -1.55. The minimum absolute atomic E-state index is 0.0161. The molecule has 0 unspecified atom stereocenters. The van der Waals surface area contributed by atoms with Crippen molar-refractivity contribution < 1.29 is 9.90 Å². The van der Waals surface area contributed by atoms with E-state index in [-0.39, 0.29) is 17.9 Å². The number of aliphatic hydroxyl groups is 1. The molecule has 1 amide bonds. The topological polar surface area (TPSA) is 43.8 Å². The van der Waals surface area contributed by atoms with E-state index >= 15 is 0 Å². The summed E-state index contributed by atoms with van der Waals surface area (Å²) in [6.07, 6.45) is 2.75. The van der Waals surface area contributed by atoms with Crippen molar-refractivity contribution in [2.75, 3.05) is 38.7 Å². The fourth-order valence-electron chi connectivity index (χ4n) is 2.91. The van der Waals surface area contributed by atoms with Crippen LogP contribution in [-0.2, 0) is 0 Å². The number of hydrogen-bond donors (Lipinski definition) is 1. The van der Waals surface area contributed by atoms with E-state index in [9.17, 15) is 9.90 Å². The van der Waals surface area contributed by atoms with E-state index in [2.05, 4.69) is 6.92 Å². The number of nitrogens with zero attached hydrogens (tertiary/aromatic N) is 2. The van der Waals surface area contributed by atoms with Gasteiger partial charge in [-0.15, -0.1) is 0 Å². The number of piperidine rings is 1. The highest BCUT2D eigenvalue weighted by atomic mass is 16.3. The molecule has 1 fully saturated rings. The molecule has 1 saturated heterocycles. The predicted molar refractivity (Wildman–Crippen MR) is 85.7 cm³/mol. The van der Waals surface area contributed by atoms with Gasteiger partial charge in [0.25, 0.3) is 5.91 Å². The molecule has 1 aromatic rings. The van der Waals surface area contributed by atoms with Crippen LogP contribution in [0.3, 0.4) is 0 Å². The van der Waals surface area contributed by atoms with Gasteiger partial charge in [0.15, 0.2) is 0 Å². The second-order valence-corrected chi connectivity index (χ2v) is 6.25. The van der Waals surface area contributed by atoms with E-state index in [1.54, 1.807) is 0 Å². The summed E-state index contributed by atoms with van der Waals surface area (Å²) >= 11 is 0. The lowest BCUT2D eigenvalue weighted by Crippen LogP contribution is -2.44. The summed E-state index contributed by atoms with van der Waals surface area (Å²) in [6.45, 7) is 3.81. The third kappa shape index (κ3) is 3.38. The second-order valence-electron chi connectivity index (χ2n) is 6.25. The zero-order valence-electron chi connectivity index (χ0n) is 13.3. The molecule has 1 heterocycles. The van der Waals surface area contributed by atoms with Crippen LogP contribution in [0.2, 0.25) is 0 Å². The van der Waals surface area contributed by atoms with Gasteiger partial charge in [0.05, 0.1) is 0 Å². The number of rotatable bonds is 4. The fourth-order valence-corrected chi connectivity index (χ4v) is 2.91. The summed E-state index contributed by atoms with van der Waals surface area (Å²) in [5.41, 5.74) is 1.80. The van der Waals surface area contributed by atoms with Gasteiger partial charge in [-0.05, 0) is 42.9 Å². The fraction of sp³-hybridized carbons (Fsp3) is 0.588. The third-order valence-electron chi connectivity index (χ3n) is 4.81. The molecule has 4 heteroatoms. The predicted octanol–water partition coefficient (Wildman–Crippen LogP) is 2.38. The Morgan fingerprint density at radius 1 is 1.33 bits per heavy atom. The molecule has 0 spiro atoms. The SMILES string of the molecule is CCC1(CO)CCN(C(=O)c2cccc(N(C)C)c2)CC1. The van der Waals surface area contributed by atoms with Gasteiger partial charge in [0.2, 0.25) is 0 Å². The summed E-state index contributed by atoms with van der Waals surface area (Å²) < 4.78 is 0. The van der Waals surface area contributed by atoms with Gasteiger partial charge >= 0.3 is 0 Å². The molecule has 1 aliphatic rings. The van der Waals surface area contributed by atoms with Gasteiger partial charge in [0.1, 0.15) is 0 Å². The molecule has 0 aromatic heterocycles. The Kier molecular flexibility index (Phi) is 4.88. The first-order valence-corrected chi connectivity index (χ1v) is 7.69. The van der Waals surface area contributed by atoms with Gasteiger partial charge < -0.3 is 14.9 Å². The number of carbonyl (C=O) groups is 1. The lowest BCUT2D eigenvalue weighted by Gasteiger charge is -2.40. The van der Waals surface area contributed by atoms with Crippen LogP contribution in [0.15, 0.2) is 24.3 Å². The molecule has 21 heavy (non-hydrogen) atoms. The Morgan fingerprint density at radius 2 is 2.00 bits per heavy atom. The van der Waals surface area contributed by atoms with Gasteiger partial charge in [-0.2, -0.15) is 0 Å². The highest BCUT2D eigenvalue weighted by Gasteiger charge is 2.34. The van der Waals surface area contributed by atoms with E-state index in [4.69, 9.17) is 0 Å². The summed E-state index contributed by atoms with van der Waals surface area (Å²) in [6, 6.07) is 7.75. The molecule has 1 aliphatic heterocycles. The molecule has 2 rings (SSSR count). The van der Waals surface area contributed by atoms with Crippen LogP contribution in [-0.4, -0.2) is 49.7 Å². The maximum absolute atomic E-state index is 12.6. The Bertz CT molecular complexity index is 485. The van der Waals surface area contributed by atoms with Crippen LogP contribution in [0.25, 0.3) is 0 Å². The van der Waals surface area contributed by atoms with Crippen molar-refractivity contribution >= 4 is 11.6 Å². The number of amides is 1. The van der Waals surface area contributed by atoms with Crippen molar-refractivity contribution in [2.24, 2.45) is 5.41 Å². The van der Waals surface area contributed by atoms with E-state index in [1.165, 1.54) is 0 Å². The summed E-state index contributed by atoms with van der Waals surface area (Å²) in [4.78, 5) is 16.5. The van der Waals surface area contributed by atoms with Crippen LogP contribution in [0.4, 0.5) is 5.69 Å². The normalized spacial score (nSPS) is 17.6. The number of anilines is 1. The molecule has 0 radical (unpaired) electrons. The number of carbonyl (C=O) groups excluding carboxylic acids is 1. The molecule has 0 atom stereocenters. The highest BCUT2D eigenvalue weighted by Crippen LogP contribution is 2.34. The minimum atomic E-state index is 0.0161. The lowest BCUT2D eigenvalue weighted by atomic mass is 9.77. The maximum Gasteiger partial charge on any atom is 0.253 e. The number of likely N-dealkylation sites (tertiary alicyclic amines) is 1. The lowest BCUT2D eigenvalue weighted by molar-refractivity contribution is 0.0338. The molecule has 0 bridgehead atoms. The summed E-state index contributed by atoms with van der Waals surface area (Å²) in [7, 11) is 3.95. The van der Waals surface area contributed by atoms with Crippen LogP contribution in [0.5, 0.6) is 0 Å². The van der Waals surface area contributed by atoms with E-state index in [1.807, 2.05) is 48.2 Å². The van der Waals surface area contributed by atoms with Crippen molar-refractivity contribution in [1.82, 2.24) is 4.90 Å². The van der Waals surface area contributed by atoms with E-state index in [0.29, 0.717) is 0 Å². The zero-order valence-corrected chi connectivity index (χ0v) is 13.3. The van der Waals surface area contributed by atoms with Crippen molar-refractivity contribution in [3.8, 4) is 0 Å². The van der Waals surface area contributed by atoms with Crippen LogP contribution in [0, 0.1) is 5.41 Å². The van der Waals surface area contributed by atoms with E-state index < -0.39 is 0 Å². The molecular formula is C17H26N2O2. The molecule has 0 saturated carbocycles. The first-order valence-electron chi connectivity index (χ1n) is 7.69. The van der Waals surface area contributed by atoms with Gasteiger partial charge in [-0.25, -0.2) is 0 Å². The molecule has 1 aromatic carbocycles. The van der Waals surface area contributed by atoms with Crippen LogP contribution in [0.1, 0.15) is 36.5 Å². The van der Waals surface area contributed by atoms with Gasteiger partial charge in [0, 0.05) is 45.0 Å². The van der Waals surface area contributed by atoms with Crippen molar-refractivity contribution in [1.29, 1.82) is 0 Å².